The second-order valence-electron chi connectivity index (χ2n) is 3.11. The second-order valence-corrected chi connectivity index (χ2v) is 3.11. The average molecular weight is 190 g/mol. The highest BCUT2D eigenvalue weighted by molar-refractivity contribution is 5.54. The fraction of sp³-hybridized carbons (Fsp3) is 0.250. The monoisotopic (exact) mass is 190 g/mol. The molecule has 0 aliphatic rings. The van der Waals surface area contributed by atoms with Gasteiger partial charge in [-0.2, -0.15) is 0 Å². The molecular formula is C12H14O2. The van der Waals surface area contributed by atoms with Crippen LogP contribution in [0.25, 0.3) is 0 Å². The molecule has 0 spiro atoms. The highest BCUT2D eigenvalue weighted by Gasteiger charge is 2.02. The zero-order chi connectivity index (χ0) is 10.4. The van der Waals surface area contributed by atoms with Gasteiger partial charge in [0, 0.05) is 6.42 Å². The van der Waals surface area contributed by atoms with E-state index < -0.39 is 0 Å². The lowest BCUT2D eigenvalue weighted by atomic mass is 10.0. The van der Waals surface area contributed by atoms with E-state index in [4.69, 9.17) is 4.74 Å². The van der Waals surface area contributed by atoms with E-state index in [1.165, 1.54) is 0 Å². The maximum Gasteiger partial charge on any atom is 0.124 e. The maximum atomic E-state index is 10.3. The molecule has 74 valence electrons. The molecule has 0 bridgehead atoms. The smallest absolute Gasteiger partial charge is 0.124 e. The van der Waals surface area contributed by atoms with Gasteiger partial charge in [0.25, 0.3) is 0 Å². The molecule has 2 heteroatoms. The number of carbonyl (C=O) groups excluding carboxylic acids is 1. The molecule has 1 aromatic rings. The van der Waals surface area contributed by atoms with Crippen LogP contribution in [-0.4, -0.2) is 13.4 Å². The third kappa shape index (κ3) is 2.73. The van der Waals surface area contributed by atoms with Gasteiger partial charge >= 0.3 is 0 Å². The van der Waals surface area contributed by atoms with Gasteiger partial charge in [-0.05, 0) is 18.1 Å². The van der Waals surface area contributed by atoms with Crippen LogP contribution in [0.15, 0.2) is 36.4 Å². The summed E-state index contributed by atoms with van der Waals surface area (Å²) in [5, 5.41) is 0. The highest BCUT2D eigenvalue weighted by Crippen LogP contribution is 2.20. The second kappa shape index (κ2) is 5.22. The zero-order valence-corrected chi connectivity index (χ0v) is 8.32. The van der Waals surface area contributed by atoms with Gasteiger partial charge in [0.15, 0.2) is 0 Å². The van der Waals surface area contributed by atoms with E-state index in [0.717, 1.165) is 23.2 Å². The minimum absolute atomic E-state index is 0.415. The van der Waals surface area contributed by atoms with Crippen molar-refractivity contribution >= 4 is 6.29 Å². The fourth-order valence-corrected chi connectivity index (χ4v) is 1.31. The zero-order valence-electron chi connectivity index (χ0n) is 8.32. The lowest BCUT2D eigenvalue weighted by molar-refractivity contribution is -0.107. The molecule has 0 unspecified atom stereocenters. The Labute approximate surface area is 84.2 Å². The summed E-state index contributed by atoms with van der Waals surface area (Å²) in [6.45, 7) is 3.83. The van der Waals surface area contributed by atoms with E-state index in [1.54, 1.807) is 7.11 Å². The van der Waals surface area contributed by atoms with Crippen molar-refractivity contribution in [2.24, 2.45) is 0 Å². The molecule has 0 saturated carbocycles. The summed E-state index contributed by atoms with van der Waals surface area (Å²) in [5.41, 5.74) is 1.98. The molecule has 0 aliphatic carbocycles. The number of ether oxygens (including phenoxy) is 1. The normalized spacial score (nSPS) is 9.50. The summed E-state index contributed by atoms with van der Waals surface area (Å²) in [7, 11) is 1.64. The third-order valence-electron chi connectivity index (χ3n) is 2.00. The Morgan fingerprint density at radius 2 is 2.21 bits per heavy atom. The first-order valence-electron chi connectivity index (χ1n) is 4.50. The number of rotatable bonds is 5. The molecule has 2 nitrogen and oxygen atoms in total. The summed E-state index contributed by atoms with van der Waals surface area (Å²) in [4.78, 5) is 10.3. The summed E-state index contributed by atoms with van der Waals surface area (Å²) in [6.07, 6.45) is 1.98. The van der Waals surface area contributed by atoms with Crippen LogP contribution in [0.5, 0.6) is 5.75 Å². The van der Waals surface area contributed by atoms with Crippen molar-refractivity contribution in [3.8, 4) is 5.75 Å². The van der Waals surface area contributed by atoms with Crippen LogP contribution in [0.3, 0.4) is 0 Å². The standard InChI is InChI=1S/C12H14O2/c1-10(7-8-13)9-11-5-3-4-6-12(11)14-2/h3-6,8H,1,7,9H2,2H3. The van der Waals surface area contributed by atoms with Gasteiger partial charge in [-0.15, -0.1) is 0 Å². The number of aldehydes is 1. The molecule has 0 fully saturated rings. The van der Waals surface area contributed by atoms with E-state index in [1.807, 2.05) is 24.3 Å². The van der Waals surface area contributed by atoms with Gasteiger partial charge in [0.05, 0.1) is 7.11 Å². The molecule has 0 radical (unpaired) electrons. The van der Waals surface area contributed by atoms with Crippen molar-refractivity contribution < 1.29 is 9.53 Å². The Morgan fingerprint density at radius 1 is 1.50 bits per heavy atom. The fourth-order valence-electron chi connectivity index (χ4n) is 1.31. The first-order valence-corrected chi connectivity index (χ1v) is 4.50. The Kier molecular flexibility index (Phi) is 3.92. The van der Waals surface area contributed by atoms with Crippen LogP contribution < -0.4 is 4.74 Å². The van der Waals surface area contributed by atoms with Crippen molar-refractivity contribution in [3.05, 3.63) is 42.0 Å². The van der Waals surface area contributed by atoms with E-state index >= 15 is 0 Å². The topological polar surface area (TPSA) is 26.3 Å². The van der Waals surface area contributed by atoms with Gasteiger partial charge in [0.2, 0.25) is 0 Å². The summed E-state index contributed by atoms with van der Waals surface area (Å²) in [5.74, 6) is 0.847. The predicted octanol–water partition coefficient (Wildman–Crippen LogP) is 2.38. The summed E-state index contributed by atoms with van der Waals surface area (Å²) < 4.78 is 5.19. The molecule has 0 aliphatic heterocycles. The molecule has 1 rings (SSSR count). The van der Waals surface area contributed by atoms with Crippen LogP contribution in [0, 0.1) is 0 Å². The van der Waals surface area contributed by atoms with E-state index in [-0.39, 0.29) is 0 Å². The van der Waals surface area contributed by atoms with Crippen molar-refractivity contribution in [1.82, 2.24) is 0 Å². The van der Waals surface area contributed by atoms with E-state index in [0.29, 0.717) is 12.8 Å². The Hall–Kier alpha value is -1.57. The molecular weight excluding hydrogens is 176 g/mol. The number of hydrogen-bond donors (Lipinski definition) is 0. The van der Waals surface area contributed by atoms with Crippen LogP contribution in [0.2, 0.25) is 0 Å². The van der Waals surface area contributed by atoms with E-state index in [9.17, 15) is 4.79 Å². The summed E-state index contributed by atoms with van der Waals surface area (Å²) in [6, 6.07) is 7.76. The minimum Gasteiger partial charge on any atom is -0.496 e. The molecule has 0 atom stereocenters. The molecule has 1 aromatic carbocycles. The number of benzene rings is 1. The first-order chi connectivity index (χ1) is 6.77. The predicted molar refractivity (Wildman–Crippen MR) is 56.5 cm³/mol. The highest BCUT2D eigenvalue weighted by atomic mass is 16.5. The van der Waals surface area contributed by atoms with Crippen molar-refractivity contribution in [2.45, 2.75) is 12.8 Å². The number of para-hydroxylation sites is 1. The largest absolute Gasteiger partial charge is 0.496 e. The Morgan fingerprint density at radius 3 is 2.86 bits per heavy atom. The van der Waals surface area contributed by atoms with Crippen LogP contribution in [-0.2, 0) is 11.2 Å². The lowest BCUT2D eigenvalue weighted by Gasteiger charge is -2.08. The summed E-state index contributed by atoms with van der Waals surface area (Å²) >= 11 is 0. The quantitative estimate of drug-likeness (QED) is 0.526. The Balaban J connectivity index is 2.74. The van der Waals surface area contributed by atoms with Crippen LogP contribution in [0.1, 0.15) is 12.0 Å². The third-order valence-corrected chi connectivity index (χ3v) is 2.00. The SMILES string of the molecule is C=C(CC=O)Cc1ccccc1OC. The molecule has 0 amide bonds. The molecule has 0 saturated heterocycles. The van der Waals surface area contributed by atoms with E-state index in [2.05, 4.69) is 6.58 Å². The Bertz CT molecular complexity index is 329. The van der Waals surface area contributed by atoms with Crippen molar-refractivity contribution in [2.75, 3.05) is 7.11 Å². The van der Waals surface area contributed by atoms with Crippen LogP contribution in [0.4, 0.5) is 0 Å². The molecule has 0 N–H and O–H groups in total. The van der Waals surface area contributed by atoms with Crippen molar-refractivity contribution in [3.63, 3.8) is 0 Å². The van der Waals surface area contributed by atoms with Gasteiger partial charge < -0.3 is 9.53 Å². The average Bonchev–Trinajstić information content (AvgIpc) is 2.19. The van der Waals surface area contributed by atoms with Gasteiger partial charge in [-0.3, -0.25) is 0 Å². The van der Waals surface area contributed by atoms with Gasteiger partial charge in [-0.25, -0.2) is 0 Å². The van der Waals surface area contributed by atoms with Crippen LogP contribution >= 0.6 is 0 Å². The number of methoxy groups -OCH3 is 1. The maximum absolute atomic E-state index is 10.3. The number of allylic oxidation sites excluding steroid dienone is 1. The molecule has 14 heavy (non-hydrogen) atoms. The lowest BCUT2D eigenvalue weighted by Crippen LogP contribution is -1.94. The van der Waals surface area contributed by atoms with Crippen molar-refractivity contribution in [1.29, 1.82) is 0 Å². The first kappa shape index (κ1) is 10.5. The number of hydrogen-bond acceptors (Lipinski definition) is 2. The minimum atomic E-state index is 0.415. The molecule has 0 aromatic heterocycles. The van der Waals surface area contributed by atoms with Gasteiger partial charge in [0.1, 0.15) is 12.0 Å². The number of carbonyl (C=O) groups is 1. The van der Waals surface area contributed by atoms with Gasteiger partial charge in [-0.1, -0.05) is 30.4 Å². The molecule has 0 heterocycles.